The summed E-state index contributed by atoms with van der Waals surface area (Å²) in [5, 5.41) is 0. The van der Waals surface area contributed by atoms with Crippen LogP contribution in [0.25, 0.3) is 0 Å². The number of sulfone groups is 1. The fourth-order valence-corrected chi connectivity index (χ4v) is 4.14. The lowest BCUT2D eigenvalue weighted by Gasteiger charge is -2.13. The fraction of sp³-hybridized carbons (Fsp3) is 0.222. The molecule has 0 spiro atoms. The van der Waals surface area contributed by atoms with Gasteiger partial charge in [-0.2, -0.15) is 0 Å². The van der Waals surface area contributed by atoms with Crippen LogP contribution < -0.4 is 0 Å². The van der Waals surface area contributed by atoms with Gasteiger partial charge in [-0.25, -0.2) is 8.42 Å². The SMILES string of the molecule is O=C1c2ccccc2C(=O)N1CCCCS(=O)(=O)c1ccccc1. The molecule has 5 nitrogen and oxygen atoms in total. The number of fused-ring (bicyclic) bond motifs is 1. The second-order valence-electron chi connectivity index (χ2n) is 5.65. The van der Waals surface area contributed by atoms with Gasteiger partial charge in [-0.15, -0.1) is 0 Å². The average molecular weight is 343 g/mol. The molecule has 2 aromatic rings. The molecule has 0 saturated carbocycles. The number of imide groups is 1. The number of carbonyl (C=O) groups is 2. The first-order chi connectivity index (χ1) is 11.5. The van der Waals surface area contributed by atoms with Gasteiger partial charge in [0.2, 0.25) is 0 Å². The van der Waals surface area contributed by atoms with Crippen molar-refractivity contribution in [3.8, 4) is 0 Å². The molecule has 6 heteroatoms. The number of rotatable bonds is 6. The Kier molecular flexibility index (Phi) is 4.49. The number of carbonyl (C=O) groups excluding carboxylic acids is 2. The van der Waals surface area contributed by atoms with Crippen LogP contribution in [0.2, 0.25) is 0 Å². The van der Waals surface area contributed by atoms with Gasteiger partial charge in [-0.05, 0) is 37.1 Å². The van der Waals surface area contributed by atoms with Crippen molar-refractivity contribution in [2.24, 2.45) is 0 Å². The van der Waals surface area contributed by atoms with Crippen molar-refractivity contribution in [3.05, 3.63) is 65.7 Å². The van der Waals surface area contributed by atoms with Crippen molar-refractivity contribution in [1.29, 1.82) is 0 Å². The zero-order valence-electron chi connectivity index (χ0n) is 13.0. The third-order valence-corrected chi connectivity index (χ3v) is 5.84. The molecule has 0 aliphatic carbocycles. The number of unbranched alkanes of at least 4 members (excludes halogenated alkanes) is 1. The third kappa shape index (κ3) is 3.10. The van der Waals surface area contributed by atoms with E-state index in [1.54, 1.807) is 54.6 Å². The minimum absolute atomic E-state index is 0.000181. The minimum atomic E-state index is -3.33. The lowest BCUT2D eigenvalue weighted by atomic mass is 10.1. The molecule has 1 aliphatic rings. The maximum absolute atomic E-state index is 12.2. The molecule has 1 heterocycles. The third-order valence-electron chi connectivity index (χ3n) is 4.03. The van der Waals surface area contributed by atoms with Crippen molar-refractivity contribution in [2.75, 3.05) is 12.3 Å². The molecule has 3 rings (SSSR count). The Morgan fingerprint density at radius 3 is 1.88 bits per heavy atom. The molecule has 0 radical (unpaired) electrons. The molecule has 1 aliphatic heterocycles. The zero-order valence-corrected chi connectivity index (χ0v) is 13.8. The summed E-state index contributed by atoms with van der Waals surface area (Å²) < 4.78 is 24.4. The summed E-state index contributed by atoms with van der Waals surface area (Å²) in [4.78, 5) is 25.9. The maximum Gasteiger partial charge on any atom is 0.261 e. The van der Waals surface area contributed by atoms with Gasteiger partial charge in [0.1, 0.15) is 0 Å². The van der Waals surface area contributed by atoms with Gasteiger partial charge in [0.25, 0.3) is 11.8 Å². The van der Waals surface area contributed by atoms with Gasteiger partial charge in [0.05, 0.1) is 21.8 Å². The van der Waals surface area contributed by atoms with Crippen LogP contribution in [0.5, 0.6) is 0 Å². The number of nitrogens with zero attached hydrogens (tertiary/aromatic N) is 1. The van der Waals surface area contributed by atoms with Gasteiger partial charge < -0.3 is 0 Å². The highest BCUT2D eigenvalue weighted by atomic mass is 32.2. The zero-order chi connectivity index (χ0) is 17.2. The summed E-state index contributed by atoms with van der Waals surface area (Å²) in [6.07, 6.45) is 0.849. The van der Waals surface area contributed by atoms with Crippen LogP contribution in [0, 0.1) is 0 Å². The number of hydrogen-bond donors (Lipinski definition) is 0. The summed E-state index contributed by atoms with van der Waals surface area (Å²) in [7, 11) is -3.33. The highest BCUT2D eigenvalue weighted by Gasteiger charge is 2.34. The Morgan fingerprint density at radius 2 is 1.29 bits per heavy atom. The van der Waals surface area contributed by atoms with E-state index in [2.05, 4.69) is 0 Å². The molecule has 0 aromatic heterocycles. The van der Waals surface area contributed by atoms with Crippen LogP contribution in [0.4, 0.5) is 0 Å². The van der Waals surface area contributed by atoms with Crippen molar-refractivity contribution < 1.29 is 18.0 Å². The Morgan fingerprint density at radius 1 is 0.750 bits per heavy atom. The molecule has 124 valence electrons. The van der Waals surface area contributed by atoms with Crippen molar-refractivity contribution in [1.82, 2.24) is 4.90 Å². The van der Waals surface area contributed by atoms with Crippen LogP contribution in [-0.2, 0) is 9.84 Å². The Balaban J connectivity index is 1.57. The summed E-state index contributed by atoms with van der Waals surface area (Å²) in [5.41, 5.74) is 0.832. The van der Waals surface area contributed by atoms with Crippen molar-refractivity contribution in [2.45, 2.75) is 17.7 Å². The topological polar surface area (TPSA) is 71.5 Å². The van der Waals surface area contributed by atoms with Gasteiger partial charge in [0.15, 0.2) is 9.84 Å². The van der Waals surface area contributed by atoms with E-state index in [4.69, 9.17) is 0 Å². The largest absolute Gasteiger partial charge is 0.274 e. The van der Waals surface area contributed by atoms with E-state index in [0.717, 1.165) is 0 Å². The van der Waals surface area contributed by atoms with E-state index in [1.807, 2.05) is 0 Å². The predicted molar refractivity (Wildman–Crippen MR) is 89.5 cm³/mol. The van der Waals surface area contributed by atoms with Gasteiger partial charge in [0, 0.05) is 6.54 Å². The second-order valence-corrected chi connectivity index (χ2v) is 7.76. The highest BCUT2D eigenvalue weighted by molar-refractivity contribution is 7.91. The van der Waals surface area contributed by atoms with Crippen molar-refractivity contribution >= 4 is 21.7 Å². The number of hydrogen-bond acceptors (Lipinski definition) is 4. The summed E-state index contributed by atoms with van der Waals surface area (Å²) in [5.74, 6) is -0.608. The van der Waals surface area contributed by atoms with Crippen LogP contribution >= 0.6 is 0 Å². The molecule has 0 atom stereocenters. The highest BCUT2D eigenvalue weighted by Crippen LogP contribution is 2.22. The average Bonchev–Trinajstić information content (AvgIpc) is 2.84. The molecule has 0 N–H and O–H groups in total. The lowest BCUT2D eigenvalue weighted by molar-refractivity contribution is 0.0652. The first kappa shape index (κ1) is 16.4. The van der Waals surface area contributed by atoms with Crippen LogP contribution in [-0.4, -0.2) is 37.4 Å². The quantitative estimate of drug-likeness (QED) is 0.597. The second kappa shape index (κ2) is 6.57. The number of amides is 2. The Labute approximate surface area is 140 Å². The standard InChI is InChI=1S/C18H17NO4S/c20-17-15-10-4-5-11-16(15)18(21)19(17)12-6-7-13-24(22,23)14-8-2-1-3-9-14/h1-5,8-11H,6-7,12-13H2. The van der Waals surface area contributed by atoms with E-state index in [9.17, 15) is 18.0 Å². The minimum Gasteiger partial charge on any atom is -0.274 e. The maximum atomic E-state index is 12.2. The summed E-state index contributed by atoms with van der Waals surface area (Å²) in [6, 6.07) is 15.0. The lowest BCUT2D eigenvalue weighted by Crippen LogP contribution is -2.30. The first-order valence-corrected chi connectivity index (χ1v) is 9.39. The van der Waals surface area contributed by atoms with E-state index in [-0.39, 0.29) is 24.1 Å². The van der Waals surface area contributed by atoms with Crippen LogP contribution in [0.1, 0.15) is 33.6 Å². The molecular formula is C18H17NO4S. The van der Waals surface area contributed by atoms with Crippen LogP contribution in [0.3, 0.4) is 0 Å². The molecule has 24 heavy (non-hydrogen) atoms. The monoisotopic (exact) mass is 343 g/mol. The molecule has 0 saturated heterocycles. The van der Waals surface area contributed by atoms with Crippen LogP contribution in [0.15, 0.2) is 59.5 Å². The van der Waals surface area contributed by atoms with Gasteiger partial charge >= 0.3 is 0 Å². The molecule has 2 amide bonds. The molecule has 0 unspecified atom stereocenters. The first-order valence-electron chi connectivity index (χ1n) is 7.74. The van der Waals surface area contributed by atoms with Crippen molar-refractivity contribution in [3.63, 3.8) is 0 Å². The normalized spacial score (nSPS) is 14.1. The molecule has 0 bridgehead atoms. The van der Waals surface area contributed by atoms with Gasteiger partial charge in [-0.1, -0.05) is 30.3 Å². The Bertz CT molecular complexity index is 840. The smallest absolute Gasteiger partial charge is 0.261 e. The van der Waals surface area contributed by atoms with E-state index in [1.165, 1.54) is 4.90 Å². The molecular weight excluding hydrogens is 326 g/mol. The van der Waals surface area contributed by atoms with E-state index < -0.39 is 9.84 Å². The van der Waals surface area contributed by atoms with E-state index >= 15 is 0 Å². The number of benzene rings is 2. The summed E-state index contributed by atoms with van der Waals surface area (Å²) >= 11 is 0. The van der Waals surface area contributed by atoms with E-state index in [0.29, 0.717) is 28.9 Å². The molecule has 2 aromatic carbocycles. The summed E-state index contributed by atoms with van der Waals surface area (Å²) in [6.45, 7) is 0.233. The fourth-order valence-electron chi connectivity index (χ4n) is 2.75. The molecule has 0 fully saturated rings. The van der Waals surface area contributed by atoms with Gasteiger partial charge in [-0.3, -0.25) is 14.5 Å². The Hall–Kier alpha value is -2.47. The predicted octanol–water partition coefficient (Wildman–Crippen LogP) is 2.54.